The highest BCUT2D eigenvalue weighted by molar-refractivity contribution is 7.89. The van der Waals surface area contributed by atoms with Crippen LogP contribution in [0.5, 0.6) is 0 Å². The number of hydrogen-bond acceptors (Lipinski definition) is 6. The fourth-order valence-electron chi connectivity index (χ4n) is 3.82. The van der Waals surface area contributed by atoms with Crippen molar-refractivity contribution in [3.63, 3.8) is 0 Å². The van der Waals surface area contributed by atoms with Gasteiger partial charge in [0.2, 0.25) is 10.0 Å². The summed E-state index contributed by atoms with van der Waals surface area (Å²) >= 11 is 5.87. The lowest BCUT2D eigenvalue weighted by molar-refractivity contribution is 0.143. The molecule has 1 fully saturated rings. The molecule has 0 atom stereocenters. The molecule has 0 saturated carbocycles. The summed E-state index contributed by atoms with van der Waals surface area (Å²) in [6.07, 6.45) is 3.41. The fraction of sp³-hybridized carbons (Fsp3) is 0.227. The second kappa shape index (κ2) is 8.71. The maximum Gasteiger partial charge on any atom is 0.296 e. The summed E-state index contributed by atoms with van der Waals surface area (Å²) in [6.45, 7) is 1.88. The maximum absolute atomic E-state index is 13.0. The van der Waals surface area contributed by atoms with Crippen LogP contribution in [0.3, 0.4) is 0 Å². The van der Waals surface area contributed by atoms with Crippen LogP contribution < -0.4 is 5.56 Å². The average Bonchev–Trinajstić information content (AvgIpc) is 3.27. The molecule has 0 N–H and O–H groups in total. The van der Waals surface area contributed by atoms with Crippen molar-refractivity contribution in [1.29, 1.82) is 0 Å². The third kappa shape index (κ3) is 4.30. The molecule has 2 aromatic carbocycles. The summed E-state index contributed by atoms with van der Waals surface area (Å²) < 4.78 is 30.2. The molecule has 1 saturated heterocycles. The normalized spacial score (nSPS) is 15.8. The number of nitrogens with zero attached hydrogens (tertiary/aromatic N) is 6. The van der Waals surface area contributed by atoms with Gasteiger partial charge in [-0.15, -0.1) is 0 Å². The number of hydrogen-bond donors (Lipinski definition) is 0. The predicted octanol–water partition coefficient (Wildman–Crippen LogP) is 2.20. The van der Waals surface area contributed by atoms with Crippen molar-refractivity contribution in [3.05, 3.63) is 82.4 Å². The van der Waals surface area contributed by atoms with Crippen molar-refractivity contribution < 1.29 is 8.42 Å². The van der Waals surface area contributed by atoms with Crippen molar-refractivity contribution in [1.82, 2.24) is 28.8 Å². The predicted molar refractivity (Wildman–Crippen MR) is 125 cm³/mol. The van der Waals surface area contributed by atoms with Crippen LogP contribution in [0.2, 0.25) is 5.02 Å². The first kappa shape index (κ1) is 21.8. The molecule has 0 radical (unpaired) electrons. The molecule has 1 aliphatic heterocycles. The first-order chi connectivity index (χ1) is 15.9. The molecule has 11 heteroatoms. The monoisotopic (exact) mass is 484 g/mol. The van der Waals surface area contributed by atoms with Crippen LogP contribution in [0, 0.1) is 0 Å². The Morgan fingerprint density at radius 2 is 1.64 bits per heavy atom. The van der Waals surface area contributed by atoms with Crippen molar-refractivity contribution in [2.75, 3.05) is 26.2 Å². The molecule has 0 amide bonds. The number of benzene rings is 2. The molecule has 170 valence electrons. The van der Waals surface area contributed by atoms with Gasteiger partial charge in [-0.2, -0.15) is 14.5 Å². The summed E-state index contributed by atoms with van der Waals surface area (Å²) in [5.41, 5.74) is 0.925. The van der Waals surface area contributed by atoms with E-state index in [1.807, 2.05) is 35.2 Å². The zero-order valence-electron chi connectivity index (χ0n) is 17.6. The van der Waals surface area contributed by atoms with Crippen LogP contribution >= 0.6 is 11.6 Å². The summed E-state index contributed by atoms with van der Waals surface area (Å²) in [7, 11) is -3.58. The Balaban J connectivity index is 1.30. The number of halogens is 1. The van der Waals surface area contributed by atoms with Gasteiger partial charge in [0.05, 0.1) is 23.4 Å². The Kier molecular flexibility index (Phi) is 5.75. The number of sulfonamides is 1. The smallest absolute Gasteiger partial charge is 0.282 e. The van der Waals surface area contributed by atoms with Gasteiger partial charge in [-0.25, -0.2) is 17.8 Å². The highest BCUT2D eigenvalue weighted by Gasteiger charge is 2.28. The van der Waals surface area contributed by atoms with Crippen LogP contribution in [0.25, 0.3) is 16.6 Å². The van der Waals surface area contributed by atoms with E-state index < -0.39 is 10.0 Å². The molecule has 0 bridgehead atoms. The molecule has 3 heterocycles. The molecule has 0 unspecified atom stereocenters. The van der Waals surface area contributed by atoms with Crippen molar-refractivity contribution in [3.8, 4) is 5.69 Å². The molecule has 5 rings (SSSR count). The summed E-state index contributed by atoms with van der Waals surface area (Å²) in [5, 5.41) is 9.90. The van der Waals surface area contributed by atoms with E-state index in [0.29, 0.717) is 42.1 Å². The Morgan fingerprint density at radius 3 is 2.33 bits per heavy atom. The van der Waals surface area contributed by atoms with E-state index >= 15 is 0 Å². The van der Waals surface area contributed by atoms with E-state index in [9.17, 15) is 13.2 Å². The molecule has 33 heavy (non-hydrogen) atoms. The Bertz CT molecular complexity index is 1440. The molecular weight excluding hydrogens is 464 g/mol. The first-order valence-electron chi connectivity index (χ1n) is 10.4. The van der Waals surface area contributed by atoms with E-state index in [1.54, 1.807) is 29.2 Å². The quantitative estimate of drug-likeness (QED) is 0.431. The SMILES string of the molecule is O=c1c2nn(-c3ccccc3)cc2cnn1CN1CCN(S(=O)(=O)c2ccc(Cl)cc2)CC1. The van der Waals surface area contributed by atoms with Gasteiger partial charge in [-0.05, 0) is 36.4 Å². The molecule has 9 nitrogen and oxygen atoms in total. The number of rotatable bonds is 5. The number of fused-ring (bicyclic) bond motifs is 1. The lowest BCUT2D eigenvalue weighted by Gasteiger charge is -2.33. The minimum Gasteiger partial charge on any atom is -0.282 e. The standard InChI is InChI=1S/C22H21ClN6O3S/c23-18-6-8-20(9-7-18)33(31,32)27-12-10-26(11-13-27)16-29-22(30)21-17(14-24-29)15-28(25-21)19-4-2-1-3-5-19/h1-9,14-15H,10-13,16H2. The minimum absolute atomic E-state index is 0.220. The lowest BCUT2D eigenvalue weighted by Crippen LogP contribution is -2.49. The molecule has 0 spiro atoms. The van der Waals surface area contributed by atoms with Crippen LogP contribution in [-0.2, 0) is 16.7 Å². The maximum atomic E-state index is 13.0. The van der Waals surface area contributed by atoms with Gasteiger partial charge in [0.1, 0.15) is 0 Å². The number of piperazine rings is 1. The number of aromatic nitrogens is 4. The molecule has 4 aromatic rings. The first-order valence-corrected chi connectivity index (χ1v) is 12.2. The second-order valence-corrected chi connectivity index (χ2v) is 10.2. The van der Waals surface area contributed by atoms with E-state index in [2.05, 4.69) is 10.2 Å². The molecular formula is C22H21ClN6O3S. The van der Waals surface area contributed by atoms with Crippen LogP contribution in [-0.4, -0.2) is 63.4 Å². The Hall–Kier alpha value is -3.05. The molecule has 1 aliphatic rings. The topological polar surface area (TPSA) is 93.3 Å². The highest BCUT2D eigenvalue weighted by atomic mass is 35.5. The van der Waals surface area contributed by atoms with Crippen LogP contribution in [0.1, 0.15) is 0 Å². The Morgan fingerprint density at radius 1 is 0.939 bits per heavy atom. The van der Waals surface area contributed by atoms with Crippen molar-refractivity contribution in [2.24, 2.45) is 0 Å². The fourth-order valence-corrected chi connectivity index (χ4v) is 5.37. The molecule has 2 aromatic heterocycles. The zero-order chi connectivity index (χ0) is 23.0. The van der Waals surface area contributed by atoms with E-state index in [4.69, 9.17) is 11.6 Å². The highest BCUT2D eigenvalue weighted by Crippen LogP contribution is 2.20. The molecule has 0 aliphatic carbocycles. The zero-order valence-corrected chi connectivity index (χ0v) is 19.2. The van der Waals surface area contributed by atoms with Gasteiger partial charge in [0.15, 0.2) is 5.52 Å². The Labute approximate surface area is 195 Å². The summed E-state index contributed by atoms with van der Waals surface area (Å²) in [6, 6.07) is 15.7. The van der Waals surface area contributed by atoms with Gasteiger partial charge in [0, 0.05) is 42.8 Å². The number of para-hydroxylation sites is 1. The largest absolute Gasteiger partial charge is 0.296 e. The minimum atomic E-state index is -3.58. The van der Waals surface area contributed by atoms with Crippen molar-refractivity contribution in [2.45, 2.75) is 11.6 Å². The van der Waals surface area contributed by atoms with Gasteiger partial charge >= 0.3 is 0 Å². The van der Waals surface area contributed by atoms with E-state index in [0.717, 1.165) is 5.69 Å². The van der Waals surface area contributed by atoms with Crippen LogP contribution in [0.15, 0.2) is 76.7 Å². The second-order valence-electron chi connectivity index (χ2n) is 7.78. The van der Waals surface area contributed by atoms with Gasteiger partial charge in [0.25, 0.3) is 5.56 Å². The van der Waals surface area contributed by atoms with Gasteiger partial charge in [-0.3, -0.25) is 9.69 Å². The lowest BCUT2D eigenvalue weighted by atomic mass is 10.3. The van der Waals surface area contributed by atoms with Gasteiger partial charge < -0.3 is 0 Å². The van der Waals surface area contributed by atoms with E-state index in [-0.39, 0.29) is 17.1 Å². The third-order valence-corrected chi connectivity index (χ3v) is 7.82. The van der Waals surface area contributed by atoms with Crippen molar-refractivity contribution >= 4 is 32.5 Å². The summed E-state index contributed by atoms with van der Waals surface area (Å²) in [4.78, 5) is 15.2. The van der Waals surface area contributed by atoms with Gasteiger partial charge in [-0.1, -0.05) is 29.8 Å². The summed E-state index contributed by atoms with van der Waals surface area (Å²) in [5.74, 6) is 0. The average molecular weight is 485 g/mol. The van der Waals surface area contributed by atoms with Crippen LogP contribution in [0.4, 0.5) is 0 Å². The van der Waals surface area contributed by atoms with E-state index in [1.165, 1.54) is 21.1 Å². The third-order valence-electron chi connectivity index (χ3n) is 5.65.